The van der Waals surface area contributed by atoms with Gasteiger partial charge in [-0.25, -0.2) is 4.98 Å². The molecule has 1 N–H and O–H groups in total. The number of benzene rings is 1. The van der Waals surface area contributed by atoms with Gasteiger partial charge in [0.2, 0.25) is 0 Å². The molecular weight excluding hydrogens is 246 g/mol. The molecule has 0 unspecified atom stereocenters. The number of aryl methyl sites for hydroxylation is 1. The van der Waals surface area contributed by atoms with Crippen LogP contribution in [0.5, 0.6) is 0 Å². The molecule has 0 aliphatic heterocycles. The average Bonchev–Trinajstić information content (AvgIpc) is 3.02. The quantitative estimate of drug-likeness (QED) is 0.781. The Morgan fingerprint density at radius 2 is 2.17 bits per heavy atom. The highest BCUT2D eigenvalue weighted by molar-refractivity contribution is 7.09. The summed E-state index contributed by atoms with van der Waals surface area (Å²) in [7, 11) is 0. The first-order chi connectivity index (χ1) is 8.83. The van der Waals surface area contributed by atoms with E-state index in [0.717, 1.165) is 28.8 Å². The van der Waals surface area contributed by atoms with Gasteiger partial charge in [-0.05, 0) is 12.5 Å². The second kappa shape index (κ2) is 4.55. The summed E-state index contributed by atoms with van der Waals surface area (Å²) in [6.07, 6.45) is 0.901. The van der Waals surface area contributed by atoms with Crippen molar-refractivity contribution in [3.63, 3.8) is 0 Å². The fraction of sp³-hybridized carbons (Fsp3) is 0.214. The molecule has 2 aromatic heterocycles. The van der Waals surface area contributed by atoms with Crippen molar-refractivity contribution in [1.29, 1.82) is 0 Å². The molecule has 3 rings (SSSR count). The Kier molecular flexibility index (Phi) is 2.89. The maximum Gasteiger partial charge on any atom is 0.157 e. The lowest BCUT2D eigenvalue weighted by molar-refractivity contribution is 0.281. The molecule has 0 atom stereocenters. The van der Waals surface area contributed by atoms with E-state index in [0.29, 0.717) is 5.01 Å². The molecule has 18 heavy (non-hydrogen) atoms. The van der Waals surface area contributed by atoms with Crippen LogP contribution in [0, 0.1) is 0 Å². The third-order valence-electron chi connectivity index (χ3n) is 2.97. The molecule has 0 spiro atoms. The second-order valence-electron chi connectivity index (χ2n) is 4.04. The highest BCUT2D eigenvalue weighted by Gasteiger charge is 2.16. The molecule has 0 fully saturated rings. The van der Waals surface area contributed by atoms with Gasteiger partial charge < -0.3 is 9.52 Å². The van der Waals surface area contributed by atoms with Crippen molar-refractivity contribution in [2.24, 2.45) is 0 Å². The summed E-state index contributed by atoms with van der Waals surface area (Å²) in [4.78, 5) is 4.38. The van der Waals surface area contributed by atoms with E-state index in [1.165, 1.54) is 16.9 Å². The topological polar surface area (TPSA) is 46.3 Å². The first-order valence-corrected chi connectivity index (χ1v) is 6.77. The van der Waals surface area contributed by atoms with Crippen molar-refractivity contribution in [2.45, 2.75) is 20.0 Å². The maximum atomic E-state index is 9.08. The number of hydrogen-bond acceptors (Lipinski definition) is 4. The largest absolute Gasteiger partial charge is 0.454 e. The number of para-hydroxylation sites is 1. The SMILES string of the molecule is CCc1c(-c2csc(CO)n2)oc2ccccc12. The summed E-state index contributed by atoms with van der Waals surface area (Å²) in [6.45, 7) is 2.09. The Bertz CT molecular complexity index is 684. The first kappa shape index (κ1) is 11.4. The normalized spacial score (nSPS) is 11.2. The minimum Gasteiger partial charge on any atom is -0.454 e. The highest BCUT2D eigenvalue weighted by Crippen LogP contribution is 2.34. The van der Waals surface area contributed by atoms with Gasteiger partial charge in [0.15, 0.2) is 5.76 Å². The molecule has 92 valence electrons. The number of rotatable bonds is 3. The Hall–Kier alpha value is -1.65. The lowest BCUT2D eigenvalue weighted by Gasteiger charge is -1.95. The number of hydrogen-bond donors (Lipinski definition) is 1. The maximum absolute atomic E-state index is 9.08. The van der Waals surface area contributed by atoms with E-state index >= 15 is 0 Å². The van der Waals surface area contributed by atoms with Crippen LogP contribution >= 0.6 is 11.3 Å². The predicted molar refractivity (Wildman–Crippen MR) is 72.6 cm³/mol. The third-order valence-corrected chi connectivity index (χ3v) is 3.81. The highest BCUT2D eigenvalue weighted by atomic mass is 32.1. The van der Waals surface area contributed by atoms with Gasteiger partial charge in [-0.3, -0.25) is 0 Å². The molecular formula is C14H13NO2S. The molecule has 1 aromatic carbocycles. The standard InChI is InChI=1S/C14H13NO2S/c1-2-9-10-5-3-4-6-12(10)17-14(9)11-8-18-13(7-16)15-11/h3-6,8,16H,2,7H2,1H3. The molecule has 0 saturated carbocycles. The van der Waals surface area contributed by atoms with Gasteiger partial charge in [0.25, 0.3) is 0 Å². The molecule has 2 heterocycles. The molecule has 0 radical (unpaired) electrons. The smallest absolute Gasteiger partial charge is 0.157 e. The van der Waals surface area contributed by atoms with Crippen molar-refractivity contribution in [1.82, 2.24) is 4.98 Å². The van der Waals surface area contributed by atoms with Crippen LogP contribution in [0.1, 0.15) is 17.5 Å². The molecule has 3 aromatic rings. The Morgan fingerprint density at radius 1 is 1.33 bits per heavy atom. The fourth-order valence-electron chi connectivity index (χ4n) is 2.14. The minimum atomic E-state index is -0.0215. The van der Waals surface area contributed by atoms with Crippen LogP contribution in [0.4, 0.5) is 0 Å². The number of fused-ring (bicyclic) bond motifs is 1. The van der Waals surface area contributed by atoms with E-state index in [2.05, 4.69) is 18.0 Å². The molecule has 3 nitrogen and oxygen atoms in total. The molecule has 0 saturated heterocycles. The van der Waals surface area contributed by atoms with Crippen molar-refractivity contribution < 1.29 is 9.52 Å². The van der Waals surface area contributed by atoms with Gasteiger partial charge in [-0.15, -0.1) is 11.3 Å². The summed E-state index contributed by atoms with van der Waals surface area (Å²) < 4.78 is 5.90. The van der Waals surface area contributed by atoms with Gasteiger partial charge in [0.05, 0.1) is 6.61 Å². The van der Waals surface area contributed by atoms with E-state index in [4.69, 9.17) is 9.52 Å². The fourth-order valence-corrected chi connectivity index (χ4v) is 2.78. The van der Waals surface area contributed by atoms with Crippen LogP contribution in [0.15, 0.2) is 34.1 Å². The van der Waals surface area contributed by atoms with Crippen LogP contribution < -0.4 is 0 Å². The number of nitrogens with zero attached hydrogens (tertiary/aromatic N) is 1. The summed E-state index contributed by atoms with van der Waals surface area (Å²) >= 11 is 1.45. The zero-order valence-corrected chi connectivity index (χ0v) is 10.8. The average molecular weight is 259 g/mol. The molecule has 4 heteroatoms. The Labute approximate surface area is 109 Å². The third kappa shape index (κ3) is 1.74. The van der Waals surface area contributed by atoms with Crippen LogP contribution in [-0.4, -0.2) is 10.1 Å². The minimum absolute atomic E-state index is 0.0215. The van der Waals surface area contributed by atoms with Crippen LogP contribution in [0.3, 0.4) is 0 Å². The number of aromatic nitrogens is 1. The zero-order valence-electron chi connectivity index (χ0n) is 10.0. The second-order valence-corrected chi connectivity index (χ2v) is 4.99. The summed E-state index contributed by atoms with van der Waals surface area (Å²) in [5, 5.41) is 12.9. The molecule has 0 aliphatic carbocycles. The van der Waals surface area contributed by atoms with E-state index in [1.807, 2.05) is 23.6 Å². The van der Waals surface area contributed by atoms with Crippen LogP contribution in [0.2, 0.25) is 0 Å². The molecule has 0 amide bonds. The summed E-state index contributed by atoms with van der Waals surface area (Å²) in [5.41, 5.74) is 2.89. The van der Waals surface area contributed by atoms with Crippen LogP contribution in [-0.2, 0) is 13.0 Å². The summed E-state index contributed by atoms with van der Waals surface area (Å²) in [6, 6.07) is 8.02. The van der Waals surface area contributed by atoms with E-state index in [1.54, 1.807) is 0 Å². The Balaban J connectivity index is 2.21. The number of thiazole rings is 1. The molecule has 0 bridgehead atoms. The lowest BCUT2D eigenvalue weighted by Crippen LogP contribution is -1.85. The number of aliphatic hydroxyl groups is 1. The first-order valence-electron chi connectivity index (χ1n) is 5.89. The zero-order chi connectivity index (χ0) is 12.5. The molecule has 0 aliphatic rings. The number of furan rings is 1. The number of aliphatic hydroxyl groups excluding tert-OH is 1. The van der Waals surface area contributed by atoms with E-state index in [9.17, 15) is 0 Å². The monoisotopic (exact) mass is 259 g/mol. The van der Waals surface area contributed by atoms with E-state index < -0.39 is 0 Å². The van der Waals surface area contributed by atoms with Crippen molar-refractivity contribution >= 4 is 22.3 Å². The van der Waals surface area contributed by atoms with Crippen molar-refractivity contribution in [3.8, 4) is 11.5 Å². The Morgan fingerprint density at radius 3 is 2.89 bits per heavy atom. The van der Waals surface area contributed by atoms with Gasteiger partial charge in [-0.1, -0.05) is 25.1 Å². The summed E-state index contributed by atoms with van der Waals surface area (Å²) in [5.74, 6) is 0.828. The lowest BCUT2D eigenvalue weighted by atomic mass is 10.1. The van der Waals surface area contributed by atoms with Gasteiger partial charge in [0.1, 0.15) is 16.3 Å². The predicted octanol–water partition coefficient (Wildman–Crippen LogP) is 3.61. The van der Waals surface area contributed by atoms with Crippen molar-refractivity contribution in [3.05, 3.63) is 40.2 Å². The van der Waals surface area contributed by atoms with Gasteiger partial charge in [0, 0.05) is 16.3 Å². The van der Waals surface area contributed by atoms with E-state index in [-0.39, 0.29) is 6.61 Å². The van der Waals surface area contributed by atoms with Gasteiger partial charge >= 0.3 is 0 Å². The van der Waals surface area contributed by atoms with Crippen molar-refractivity contribution in [2.75, 3.05) is 0 Å². The van der Waals surface area contributed by atoms with Crippen LogP contribution in [0.25, 0.3) is 22.4 Å². The van der Waals surface area contributed by atoms with Gasteiger partial charge in [-0.2, -0.15) is 0 Å².